The summed E-state index contributed by atoms with van der Waals surface area (Å²) >= 11 is 0. The van der Waals surface area contributed by atoms with Gasteiger partial charge in [0.2, 0.25) is 0 Å². The number of hydrogen-bond donors (Lipinski definition) is 2. The predicted molar refractivity (Wildman–Crippen MR) is 114 cm³/mol. The maximum Gasteiger partial charge on any atom is 0.0577 e. The number of hydrogen-bond acceptors (Lipinski definition) is 2. The average molecular weight is 387 g/mol. The SMILES string of the molecule is CC12CC[C@H](O)CC1=CCC1C2CCC2(C)C1CC[C@@H]2CC(O)CCC1CC1. The lowest BCUT2D eigenvalue weighted by molar-refractivity contribution is -0.0556. The second-order valence-corrected chi connectivity index (χ2v) is 11.9. The van der Waals surface area contributed by atoms with Gasteiger partial charge < -0.3 is 10.2 Å². The standard InChI is InChI=1S/C26H42O2/c1-25-13-11-21(28)16-18(25)6-9-22-23-10-7-19(26(23,2)14-12-24(22)25)15-20(27)8-5-17-3-4-17/h6,17,19-24,27-28H,3-5,7-16H2,1-2H3/t19-,20?,21+,22?,23?,24?,25?,26?/m1/s1. The van der Waals surface area contributed by atoms with Crippen molar-refractivity contribution >= 4 is 0 Å². The average Bonchev–Trinajstić information content (AvgIpc) is 3.44. The first kappa shape index (κ1) is 19.6. The molecule has 2 nitrogen and oxygen atoms in total. The van der Waals surface area contributed by atoms with Crippen LogP contribution in [-0.4, -0.2) is 22.4 Å². The zero-order valence-electron chi connectivity index (χ0n) is 18.2. The Kier molecular flexibility index (Phi) is 4.99. The Morgan fingerprint density at radius 2 is 1.86 bits per heavy atom. The lowest BCUT2D eigenvalue weighted by Crippen LogP contribution is -2.50. The Hall–Kier alpha value is -0.340. The van der Waals surface area contributed by atoms with Crippen LogP contribution < -0.4 is 0 Å². The van der Waals surface area contributed by atoms with Crippen LogP contribution >= 0.6 is 0 Å². The van der Waals surface area contributed by atoms with Gasteiger partial charge in [-0.15, -0.1) is 0 Å². The summed E-state index contributed by atoms with van der Waals surface area (Å²) < 4.78 is 0. The van der Waals surface area contributed by atoms with Gasteiger partial charge in [-0.1, -0.05) is 38.3 Å². The number of rotatable bonds is 5. The van der Waals surface area contributed by atoms with Crippen molar-refractivity contribution in [2.75, 3.05) is 0 Å². The summed E-state index contributed by atoms with van der Waals surface area (Å²) in [5.74, 6) is 4.20. The van der Waals surface area contributed by atoms with Crippen LogP contribution in [-0.2, 0) is 0 Å². The van der Waals surface area contributed by atoms with Gasteiger partial charge in [0, 0.05) is 0 Å². The van der Waals surface area contributed by atoms with Crippen molar-refractivity contribution in [2.45, 2.75) is 110 Å². The number of aliphatic hydroxyl groups excluding tert-OH is 2. The third-order valence-corrected chi connectivity index (χ3v) is 10.4. The molecule has 0 aromatic heterocycles. The van der Waals surface area contributed by atoms with E-state index in [-0.39, 0.29) is 12.2 Å². The molecule has 0 aromatic rings. The van der Waals surface area contributed by atoms with Crippen LogP contribution in [0.2, 0.25) is 0 Å². The highest BCUT2D eigenvalue weighted by molar-refractivity contribution is 5.25. The summed E-state index contributed by atoms with van der Waals surface area (Å²) in [5.41, 5.74) is 2.39. The van der Waals surface area contributed by atoms with E-state index in [9.17, 15) is 10.2 Å². The molecule has 5 aliphatic carbocycles. The van der Waals surface area contributed by atoms with Crippen molar-refractivity contribution in [3.63, 3.8) is 0 Å². The van der Waals surface area contributed by atoms with E-state index in [4.69, 9.17) is 0 Å². The van der Waals surface area contributed by atoms with E-state index in [0.29, 0.717) is 10.8 Å². The van der Waals surface area contributed by atoms with Gasteiger partial charge in [-0.25, -0.2) is 0 Å². The first-order chi connectivity index (χ1) is 13.4. The largest absolute Gasteiger partial charge is 0.393 e. The fraction of sp³-hybridized carbons (Fsp3) is 0.923. The van der Waals surface area contributed by atoms with Crippen LogP contribution in [0.3, 0.4) is 0 Å². The summed E-state index contributed by atoms with van der Waals surface area (Å²) in [6.07, 6.45) is 18.4. The van der Waals surface area contributed by atoms with Gasteiger partial charge in [0.05, 0.1) is 12.2 Å². The molecule has 5 rings (SSSR count). The molecule has 0 heterocycles. The zero-order chi connectivity index (χ0) is 19.5. The molecule has 5 aliphatic rings. The molecular formula is C26H42O2. The van der Waals surface area contributed by atoms with Crippen LogP contribution in [0.5, 0.6) is 0 Å². The molecule has 0 saturated heterocycles. The van der Waals surface area contributed by atoms with E-state index in [0.717, 1.165) is 55.3 Å². The van der Waals surface area contributed by atoms with E-state index in [1.54, 1.807) is 5.57 Å². The number of allylic oxidation sites excluding steroid dienone is 1. The van der Waals surface area contributed by atoms with Crippen molar-refractivity contribution in [2.24, 2.45) is 40.4 Å². The minimum absolute atomic E-state index is 0.0610. The van der Waals surface area contributed by atoms with Crippen LogP contribution in [0.25, 0.3) is 0 Å². The highest BCUT2D eigenvalue weighted by atomic mass is 16.3. The summed E-state index contributed by atoms with van der Waals surface area (Å²) in [7, 11) is 0. The topological polar surface area (TPSA) is 40.5 Å². The second-order valence-electron chi connectivity index (χ2n) is 11.9. The van der Waals surface area contributed by atoms with E-state index >= 15 is 0 Å². The summed E-state index contributed by atoms with van der Waals surface area (Å²) in [6, 6.07) is 0. The van der Waals surface area contributed by atoms with Crippen molar-refractivity contribution in [1.82, 2.24) is 0 Å². The van der Waals surface area contributed by atoms with E-state index in [2.05, 4.69) is 19.9 Å². The first-order valence-electron chi connectivity index (χ1n) is 12.5. The van der Waals surface area contributed by atoms with E-state index < -0.39 is 0 Å². The maximum atomic E-state index is 10.7. The maximum absolute atomic E-state index is 10.7. The van der Waals surface area contributed by atoms with Crippen LogP contribution in [0.1, 0.15) is 97.3 Å². The molecule has 0 amide bonds. The smallest absolute Gasteiger partial charge is 0.0577 e. The van der Waals surface area contributed by atoms with E-state index in [1.165, 1.54) is 57.8 Å². The predicted octanol–water partition coefficient (Wildman–Crippen LogP) is 5.87. The monoisotopic (exact) mass is 386 g/mol. The Morgan fingerprint density at radius 3 is 2.64 bits per heavy atom. The van der Waals surface area contributed by atoms with Crippen molar-refractivity contribution in [3.05, 3.63) is 11.6 Å². The minimum Gasteiger partial charge on any atom is -0.393 e. The molecule has 4 saturated carbocycles. The summed E-state index contributed by atoms with van der Waals surface area (Å²) in [5, 5.41) is 20.9. The zero-order valence-corrected chi connectivity index (χ0v) is 18.2. The Morgan fingerprint density at radius 1 is 1.04 bits per heavy atom. The van der Waals surface area contributed by atoms with Crippen molar-refractivity contribution < 1.29 is 10.2 Å². The second kappa shape index (κ2) is 7.12. The third kappa shape index (κ3) is 3.22. The lowest BCUT2D eigenvalue weighted by atomic mass is 9.47. The van der Waals surface area contributed by atoms with Gasteiger partial charge in [0.15, 0.2) is 0 Å². The van der Waals surface area contributed by atoms with Gasteiger partial charge in [0.1, 0.15) is 0 Å². The first-order valence-corrected chi connectivity index (χ1v) is 12.5. The number of fused-ring (bicyclic) bond motifs is 5. The minimum atomic E-state index is -0.0993. The molecule has 158 valence electrons. The Bertz CT molecular complexity index is 622. The highest BCUT2D eigenvalue weighted by Crippen LogP contribution is 2.66. The molecule has 0 radical (unpaired) electrons. The lowest BCUT2D eigenvalue weighted by Gasteiger charge is -2.58. The fourth-order valence-corrected chi connectivity index (χ4v) is 8.42. The molecule has 0 spiro atoms. The van der Waals surface area contributed by atoms with Gasteiger partial charge >= 0.3 is 0 Å². The van der Waals surface area contributed by atoms with Crippen LogP contribution in [0.4, 0.5) is 0 Å². The van der Waals surface area contributed by atoms with Crippen LogP contribution in [0, 0.1) is 40.4 Å². The fourth-order valence-electron chi connectivity index (χ4n) is 8.42. The van der Waals surface area contributed by atoms with Gasteiger partial charge in [0.25, 0.3) is 0 Å². The van der Waals surface area contributed by atoms with Gasteiger partial charge in [-0.3, -0.25) is 0 Å². The molecule has 2 heteroatoms. The molecule has 28 heavy (non-hydrogen) atoms. The molecule has 0 aromatic carbocycles. The summed E-state index contributed by atoms with van der Waals surface area (Å²) in [6.45, 7) is 5.11. The quantitative estimate of drug-likeness (QED) is 0.580. The molecule has 0 bridgehead atoms. The Balaban J connectivity index is 1.29. The molecule has 6 unspecified atom stereocenters. The molecule has 8 atom stereocenters. The number of aliphatic hydroxyl groups is 2. The summed E-state index contributed by atoms with van der Waals surface area (Å²) in [4.78, 5) is 0. The molecule has 2 N–H and O–H groups in total. The third-order valence-electron chi connectivity index (χ3n) is 10.4. The normalized spacial score (nSPS) is 49.0. The Labute approximate surface area is 172 Å². The van der Waals surface area contributed by atoms with Crippen molar-refractivity contribution in [1.29, 1.82) is 0 Å². The van der Waals surface area contributed by atoms with E-state index in [1.807, 2.05) is 0 Å². The van der Waals surface area contributed by atoms with Gasteiger partial charge in [-0.05, 0) is 111 Å². The highest BCUT2D eigenvalue weighted by Gasteiger charge is 2.58. The van der Waals surface area contributed by atoms with Crippen LogP contribution in [0.15, 0.2) is 11.6 Å². The molecule has 0 aliphatic heterocycles. The van der Waals surface area contributed by atoms with Crippen molar-refractivity contribution in [3.8, 4) is 0 Å². The molecule has 4 fully saturated rings. The van der Waals surface area contributed by atoms with Gasteiger partial charge in [-0.2, -0.15) is 0 Å². The molecular weight excluding hydrogens is 344 g/mol.